The van der Waals surface area contributed by atoms with Crippen LogP contribution >= 0.6 is 0 Å². The molecule has 37 heavy (non-hydrogen) atoms. The van der Waals surface area contributed by atoms with Crippen LogP contribution in [-0.4, -0.2) is 5.97 Å². The molecule has 2 fully saturated rings. The van der Waals surface area contributed by atoms with E-state index in [2.05, 4.69) is 38.1 Å². The number of aryl methyl sites for hydroxylation is 1. The normalized spacial score (nSPS) is 24.1. The second-order valence-electron chi connectivity index (χ2n) is 12.1. The summed E-state index contributed by atoms with van der Waals surface area (Å²) >= 11 is 0. The van der Waals surface area contributed by atoms with Crippen molar-refractivity contribution < 1.29 is 9.53 Å². The Labute approximate surface area is 226 Å². The number of hydrogen-bond acceptors (Lipinski definition) is 2. The average Bonchev–Trinajstić information content (AvgIpc) is 2.94. The van der Waals surface area contributed by atoms with Crippen LogP contribution in [0, 0.1) is 17.8 Å². The lowest BCUT2D eigenvalue weighted by atomic mass is 9.77. The molecule has 4 rings (SSSR count). The van der Waals surface area contributed by atoms with Crippen molar-refractivity contribution in [1.29, 1.82) is 0 Å². The van der Waals surface area contributed by atoms with Crippen molar-refractivity contribution in [2.24, 2.45) is 17.8 Å². The number of hydrogen-bond donors (Lipinski definition) is 0. The molecule has 0 amide bonds. The van der Waals surface area contributed by atoms with Crippen LogP contribution in [0.25, 0.3) is 0 Å². The second-order valence-corrected chi connectivity index (χ2v) is 12.1. The highest BCUT2D eigenvalue weighted by Crippen LogP contribution is 2.38. The van der Waals surface area contributed by atoms with E-state index in [0.29, 0.717) is 17.2 Å². The molecule has 0 spiro atoms. The molecule has 2 aliphatic carbocycles. The first-order valence-electron chi connectivity index (χ1n) is 15.6. The second kappa shape index (κ2) is 14.7. The Kier molecular flexibility index (Phi) is 11.1. The van der Waals surface area contributed by atoms with Crippen molar-refractivity contribution in [1.82, 2.24) is 0 Å². The van der Waals surface area contributed by atoms with Crippen LogP contribution in [0.2, 0.25) is 0 Å². The van der Waals surface area contributed by atoms with Gasteiger partial charge in [0.1, 0.15) is 5.75 Å². The Hall–Kier alpha value is -2.09. The SMILES string of the molecule is CCCCCC1CCC(CCc2ccc(C(=O)Oc3ccc(C4CCC(CCC)CC4)cc3)cc2)CC1. The third-order valence-electron chi connectivity index (χ3n) is 9.32. The third kappa shape index (κ3) is 8.72. The molecule has 0 atom stereocenters. The van der Waals surface area contributed by atoms with Gasteiger partial charge in [0.15, 0.2) is 0 Å². The summed E-state index contributed by atoms with van der Waals surface area (Å²) < 4.78 is 5.69. The highest BCUT2D eigenvalue weighted by Gasteiger charge is 2.22. The first-order chi connectivity index (χ1) is 18.1. The van der Waals surface area contributed by atoms with Crippen LogP contribution in [0.4, 0.5) is 0 Å². The molecule has 0 heterocycles. The molecule has 0 saturated heterocycles. The zero-order valence-corrected chi connectivity index (χ0v) is 23.6. The lowest BCUT2D eigenvalue weighted by Crippen LogP contribution is -2.15. The molecule has 0 bridgehead atoms. The van der Waals surface area contributed by atoms with Gasteiger partial charge in [-0.05, 0) is 97.6 Å². The maximum absolute atomic E-state index is 12.7. The zero-order chi connectivity index (χ0) is 25.9. The van der Waals surface area contributed by atoms with E-state index < -0.39 is 0 Å². The van der Waals surface area contributed by atoms with Gasteiger partial charge in [0.25, 0.3) is 0 Å². The fourth-order valence-electron chi connectivity index (χ4n) is 6.84. The Morgan fingerprint density at radius 1 is 0.676 bits per heavy atom. The summed E-state index contributed by atoms with van der Waals surface area (Å²) in [5.74, 6) is 3.82. The number of esters is 1. The minimum Gasteiger partial charge on any atom is -0.423 e. The molecule has 2 heteroatoms. The highest BCUT2D eigenvalue weighted by molar-refractivity contribution is 5.91. The molecule has 0 aliphatic heterocycles. The molecule has 202 valence electrons. The summed E-state index contributed by atoms with van der Waals surface area (Å²) in [6, 6.07) is 16.4. The first-order valence-corrected chi connectivity index (χ1v) is 15.6. The quantitative estimate of drug-likeness (QED) is 0.164. The van der Waals surface area contributed by atoms with E-state index >= 15 is 0 Å². The largest absolute Gasteiger partial charge is 0.423 e. The van der Waals surface area contributed by atoms with Gasteiger partial charge in [-0.1, -0.05) is 102 Å². The first kappa shape index (κ1) is 27.9. The van der Waals surface area contributed by atoms with E-state index in [0.717, 1.165) is 24.2 Å². The van der Waals surface area contributed by atoms with Gasteiger partial charge in [0.2, 0.25) is 0 Å². The van der Waals surface area contributed by atoms with Crippen LogP contribution in [0.1, 0.15) is 138 Å². The minimum atomic E-state index is -0.263. The summed E-state index contributed by atoms with van der Waals surface area (Å²) in [5.41, 5.74) is 3.36. The smallest absolute Gasteiger partial charge is 0.343 e. The molecule has 0 aromatic heterocycles. The van der Waals surface area contributed by atoms with Crippen molar-refractivity contribution in [3.05, 3.63) is 65.2 Å². The van der Waals surface area contributed by atoms with E-state index in [-0.39, 0.29) is 5.97 Å². The van der Waals surface area contributed by atoms with Gasteiger partial charge >= 0.3 is 5.97 Å². The molecule has 2 aromatic carbocycles. The molecule has 0 radical (unpaired) electrons. The lowest BCUT2D eigenvalue weighted by molar-refractivity contribution is 0.0734. The van der Waals surface area contributed by atoms with E-state index in [1.54, 1.807) is 0 Å². The van der Waals surface area contributed by atoms with Crippen molar-refractivity contribution in [2.75, 3.05) is 0 Å². The van der Waals surface area contributed by atoms with Crippen LogP contribution in [0.5, 0.6) is 5.75 Å². The van der Waals surface area contributed by atoms with Crippen LogP contribution in [0.15, 0.2) is 48.5 Å². The number of ether oxygens (including phenoxy) is 1. The van der Waals surface area contributed by atoms with E-state index in [1.165, 1.54) is 107 Å². The number of rotatable bonds is 12. The van der Waals surface area contributed by atoms with Gasteiger partial charge in [0.05, 0.1) is 5.56 Å². The topological polar surface area (TPSA) is 26.3 Å². The fourth-order valence-corrected chi connectivity index (χ4v) is 6.84. The summed E-state index contributed by atoms with van der Waals surface area (Å²) in [6.07, 6.45) is 21.6. The molecule has 0 unspecified atom stereocenters. The molecule has 2 saturated carbocycles. The number of unbranched alkanes of at least 4 members (excludes halogenated alkanes) is 2. The molecule has 2 nitrogen and oxygen atoms in total. The average molecular weight is 503 g/mol. The number of carbonyl (C=O) groups is 1. The fraction of sp³-hybridized carbons (Fsp3) is 0.629. The molecule has 2 aliphatic rings. The van der Waals surface area contributed by atoms with Crippen molar-refractivity contribution in [2.45, 2.75) is 122 Å². The van der Waals surface area contributed by atoms with E-state index in [9.17, 15) is 4.79 Å². The van der Waals surface area contributed by atoms with Gasteiger partial charge in [-0.15, -0.1) is 0 Å². The van der Waals surface area contributed by atoms with Gasteiger partial charge in [-0.25, -0.2) is 4.79 Å². The number of benzene rings is 2. The Balaban J connectivity index is 1.18. The van der Waals surface area contributed by atoms with Crippen LogP contribution in [0.3, 0.4) is 0 Å². The number of carbonyl (C=O) groups excluding carboxylic acids is 1. The van der Waals surface area contributed by atoms with Crippen molar-refractivity contribution in [3.8, 4) is 5.75 Å². The van der Waals surface area contributed by atoms with Gasteiger partial charge in [-0.2, -0.15) is 0 Å². The minimum absolute atomic E-state index is 0.263. The van der Waals surface area contributed by atoms with E-state index in [4.69, 9.17) is 4.74 Å². The maximum Gasteiger partial charge on any atom is 0.343 e. The van der Waals surface area contributed by atoms with E-state index in [1.807, 2.05) is 24.3 Å². The van der Waals surface area contributed by atoms with Gasteiger partial charge < -0.3 is 4.74 Å². The lowest BCUT2D eigenvalue weighted by Gasteiger charge is -2.28. The van der Waals surface area contributed by atoms with Gasteiger partial charge in [0, 0.05) is 0 Å². The predicted molar refractivity (Wildman–Crippen MR) is 155 cm³/mol. The van der Waals surface area contributed by atoms with Gasteiger partial charge in [-0.3, -0.25) is 0 Å². The summed E-state index contributed by atoms with van der Waals surface area (Å²) in [5, 5.41) is 0. The molecule has 2 aromatic rings. The Morgan fingerprint density at radius 3 is 1.89 bits per heavy atom. The van der Waals surface area contributed by atoms with Crippen LogP contribution in [-0.2, 0) is 6.42 Å². The standard InChI is InChI=1S/C35H50O2/c1-3-5-6-8-28-9-11-29(12-10-28)13-14-30-17-21-33(22-18-30)35(36)37-34-25-23-32(24-26-34)31-19-15-27(7-4-2)16-20-31/h17-18,21-29,31H,3-16,19-20H2,1-2H3. The van der Waals surface area contributed by atoms with Crippen molar-refractivity contribution in [3.63, 3.8) is 0 Å². The summed E-state index contributed by atoms with van der Waals surface area (Å²) in [6.45, 7) is 4.59. The third-order valence-corrected chi connectivity index (χ3v) is 9.32. The predicted octanol–water partition coefficient (Wildman–Crippen LogP) is 10.3. The Morgan fingerprint density at radius 2 is 1.27 bits per heavy atom. The summed E-state index contributed by atoms with van der Waals surface area (Å²) in [7, 11) is 0. The van der Waals surface area contributed by atoms with Crippen LogP contribution < -0.4 is 4.74 Å². The highest BCUT2D eigenvalue weighted by atomic mass is 16.5. The molecule has 0 N–H and O–H groups in total. The monoisotopic (exact) mass is 502 g/mol. The maximum atomic E-state index is 12.7. The zero-order valence-electron chi connectivity index (χ0n) is 23.6. The summed E-state index contributed by atoms with van der Waals surface area (Å²) in [4.78, 5) is 12.7. The molecular formula is C35H50O2. The van der Waals surface area contributed by atoms with Crippen molar-refractivity contribution >= 4 is 5.97 Å². The Bertz CT molecular complexity index is 913. The molecular weight excluding hydrogens is 452 g/mol.